The Labute approximate surface area is 252 Å². The van der Waals surface area contributed by atoms with E-state index in [2.05, 4.69) is 63.2 Å². The number of hydrogen-bond acceptors (Lipinski definition) is 8. The maximum atomic E-state index is 13.2. The highest BCUT2D eigenvalue weighted by molar-refractivity contribution is 5.97. The molecular weight excluding hydrogens is 536 g/mol. The maximum absolute atomic E-state index is 13.2. The number of nitrogens with zero attached hydrogens (tertiary/aromatic N) is 6. The molecule has 0 aliphatic carbocycles. The number of aromatic nitrogens is 4. The molecule has 1 fully saturated rings. The predicted molar refractivity (Wildman–Crippen MR) is 167 cm³/mol. The average Bonchev–Trinajstić information content (AvgIpc) is 3.47. The standard InChI is InChI=1S/C35H36N6O2/c1-24-4-5-27(18-33(42)28-8-6-26(7-9-28)23-41-14-12-40(3)13-15-41)17-29(24)20-35-37-11-10-32(38-35)30-19-31(22-36-21-30)34-16-25(2)39-43-34/h4-11,16-17,19,21-22H,12-15,18,20,23H2,1-3H3. The van der Waals surface area contributed by atoms with E-state index in [0.717, 1.165) is 77.5 Å². The summed E-state index contributed by atoms with van der Waals surface area (Å²) in [7, 11) is 2.17. The topological polar surface area (TPSA) is 88.3 Å². The molecule has 8 heteroatoms. The number of carbonyl (C=O) groups is 1. The van der Waals surface area contributed by atoms with Gasteiger partial charge in [-0.1, -0.05) is 47.6 Å². The molecule has 4 heterocycles. The zero-order valence-electron chi connectivity index (χ0n) is 25.0. The maximum Gasteiger partial charge on any atom is 0.168 e. The molecule has 0 atom stereocenters. The lowest BCUT2D eigenvalue weighted by molar-refractivity contribution is 0.0993. The highest BCUT2D eigenvalue weighted by Gasteiger charge is 2.15. The molecule has 8 nitrogen and oxygen atoms in total. The Balaban J connectivity index is 1.12. The first-order valence-corrected chi connectivity index (χ1v) is 14.7. The van der Waals surface area contributed by atoms with Gasteiger partial charge in [0, 0.05) is 86.9 Å². The van der Waals surface area contributed by atoms with Crippen molar-refractivity contribution in [2.45, 2.75) is 33.2 Å². The van der Waals surface area contributed by atoms with E-state index in [1.807, 2.05) is 43.3 Å². The second-order valence-electron chi connectivity index (χ2n) is 11.5. The van der Waals surface area contributed by atoms with Crippen LogP contribution in [0.1, 0.15) is 44.1 Å². The van der Waals surface area contributed by atoms with Crippen molar-refractivity contribution in [1.82, 2.24) is 29.9 Å². The third-order valence-electron chi connectivity index (χ3n) is 8.06. The van der Waals surface area contributed by atoms with Crippen LogP contribution in [-0.4, -0.2) is 68.9 Å². The molecule has 1 aliphatic heterocycles. The summed E-state index contributed by atoms with van der Waals surface area (Å²) >= 11 is 0. The van der Waals surface area contributed by atoms with Crippen LogP contribution in [0.4, 0.5) is 0 Å². The molecule has 0 unspecified atom stereocenters. The Bertz CT molecular complexity index is 1720. The number of benzene rings is 2. The molecule has 1 saturated heterocycles. The zero-order valence-corrected chi connectivity index (χ0v) is 25.0. The Morgan fingerprint density at radius 3 is 2.42 bits per heavy atom. The van der Waals surface area contributed by atoms with Crippen LogP contribution in [0.15, 0.2) is 83.8 Å². The van der Waals surface area contributed by atoms with E-state index in [9.17, 15) is 4.79 Å². The Hall–Kier alpha value is -4.53. The molecular formula is C35H36N6O2. The monoisotopic (exact) mass is 572 g/mol. The Kier molecular flexibility index (Phi) is 8.49. The van der Waals surface area contributed by atoms with Crippen molar-refractivity contribution < 1.29 is 9.32 Å². The van der Waals surface area contributed by atoms with Crippen molar-refractivity contribution in [2.24, 2.45) is 0 Å². The summed E-state index contributed by atoms with van der Waals surface area (Å²) in [5, 5.41) is 3.98. The third-order valence-corrected chi connectivity index (χ3v) is 8.06. The fourth-order valence-corrected chi connectivity index (χ4v) is 5.40. The van der Waals surface area contributed by atoms with Gasteiger partial charge in [-0.05, 0) is 55.3 Å². The first kappa shape index (κ1) is 28.6. The van der Waals surface area contributed by atoms with Gasteiger partial charge < -0.3 is 9.42 Å². The van der Waals surface area contributed by atoms with Gasteiger partial charge in [-0.15, -0.1) is 0 Å². The van der Waals surface area contributed by atoms with Crippen LogP contribution in [0.2, 0.25) is 0 Å². The van der Waals surface area contributed by atoms with Crippen molar-refractivity contribution >= 4 is 5.78 Å². The van der Waals surface area contributed by atoms with E-state index in [1.54, 1.807) is 18.6 Å². The number of hydrogen-bond donors (Lipinski definition) is 0. The van der Waals surface area contributed by atoms with Gasteiger partial charge in [0.15, 0.2) is 11.5 Å². The summed E-state index contributed by atoms with van der Waals surface area (Å²) in [6.07, 6.45) is 6.24. The van der Waals surface area contributed by atoms with Gasteiger partial charge in [-0.25, -0.2) is 9.97 Å². The molecule has 2 aromatic carbocycles. The highest BCUT2D eigenvalue weighted by Crippen LogP contribution is 2.25. The van der Waals surface area contributed by atoms with Gasteiger partial charge in [-0.3, -0.25) is 14.7 Å². The van der Waals surface area contributed by atoms with Crippen molar-refractivity contribution in [3.05, 3.63) is 119 Å². The van der Waals surface area contributed by atoms with Gasteiger partial charge in [0.1, 0.15) is 5.82 Å². The van der Waals surface area contributed by atoms with Crippen LogP contribution in [0, 0.1) is 13.8 Å². The van der Waals surface area contributed by atoms with Gasteiger partial charge in [0.2, 0.25) is 0 Å². The second-order valence-corrected chi connectivity index (χ2v) is 11.5. The quantitative estimate of drug-likeness (QED) is 0.212. The minimum atomic E-state index is 0.119. The molecule has 0 bridgehead atoms. The third kappa shape index (κ3) is 7.10. The minimum Gasteiger partial charge on any atom is -0.356 e. The molecule has 0 radical (unpaired) electrons. The van der Waals surface area contributed by atoms with Gasteiger partial charge in [-0.2, -0.15) is 0 Å². The van der Waals surface area contributed by atoms with E-state index < -0.39 is 0 Å². The lowest BCUT2D eigenvalue weighted by atomic mass is 9.97. The molecule has 1 aliphatic rings. The smallest absolute Gasteiger partial charge is 0.168 e. The van der Waals surface area contributed by atoms with Crippen molar-refractivity contribution in [3.63, 3.8) is 0 Å². The number of carbonyl (C=O) groups excluding carboxylic acids is 1. The molecule has 5 aromatic rings. The number of ketones is 1. The lowest BCUT2D eigenvalue weighted by Gasteiger charge is -2.32. The largest absolute Gasteiger partial charge is 0.356 e. The van der Waals surface area contributed by atoms with Gasteiger partial charge >= 0.3 is 0 Å². The van der Waals surface area contributed by atoms with Crippen LogP contribution in [-0.2, 0) is 19.4 Å². The van der Waals surface area contributed by atoms with E-state index in [0.29, 0.717) is 24.4 Å². The van der Waals surface area contributed by atoms with Crippen LogP contribution in [0.3, 0.4) is 0 Å². The summed E-state index contributed by atoms with van der Waals surface area (Å²) in [6.45, 7) is 9.25. The molecule has 0 spiro atoms. The fraction of sp³-hybridized carbons (Fsp3) is 0.286. The van der Waals surface area contributed by atoms with Crippen molar-refractivity contribution in [2.75, 3.05) is 33.2 Å². The zero-order chi connectivity index (χ0) is 29.8. The number of aryl methyl sites for hydroxylation is 2. The summed E-state index contributed by atoms with van der Waals surface area (Å²) in [5.41, 5.74) is 8.55. The Morgan fingerprint density at radius 2 is 1.65 bits per heavy atom. The van der Waals surface area contributed by atoms with E-state index in [-0.39, 0.29) is 5.78 Å². The van der Waals surface area contributed by atoms with Gasteiger partial charge in [0.25, 0.3) is 0 Å². The fourth-order valence-electron chi connectivity index (χ4n) is 5.40. The van der Waals surface area contributed by atoms with Crippen LogP contribution < -0.4 is 0 Å². The number of likely N-dealkylation sites (N-methyl/N-ethyl adjacent to an activating group) is 1. The molecule has 0 amide bonds. The lowest BCUT2D eigenvalue weighted by Crippen LogP contribution is -2.43. The second kappa shape index (κ2) is 12.8. The first-order valence-electron chi connectivity index (χ1n) is 14.7. The van der Waals surface area contributed by atoms with E-state index in [4.69, 9.17) is 9.51 Å². The highest BCUT2D eigenvalue weighted by atomic mass is 16.5. The number of pyridine rings is 1. The number of piperazine rings is 1. The molecule has 43 heavy (non-hydrogen) atoms. The van der Waals surface area contributed by atoms with Crippen LogP contribution in [0.5, 0.6) is 0 Å². The summed E-state index contributed by atoms with van der Waals surface area (Å²) < 4.78 is 5.41. The SMILES string of the molecule is Cc1cc(-c2cncc(-c3ccnc(Cc4cc(CC(=O)c5ccc(CN6CCN(C)CC6)cc5)ccc4C)n3)c2)on1. The molecule has 0 N–H and O–H groups in total. The molecule has 6 rings (SSSR count). The predicted octanol–water partition coefficient (Wildman–Crippen LogP) is 5.57. The average molecular weight is 573 g/mol. The number of rotatable bonds is 9. The molecule has 218 valence electrons. The molecule has 3 aromatic heterocycles. The minimum absolute atomic E-state index is 0.119. The summed E-state index contributed by atoms with van der Waals surface area (Å²) in [4.78, 5) is 31.8. The summed E-state index contributed by atoms with van der Waals surface area (Å²) in [6, 6.07) is 20.1. The van der Waals surface area contributed by atoms with Crippen molar-refractivity contribution in [3.8, 4) is 22.6 Å². The molecule has 0 saturated carbocycles. The van der Waals surface area contributed by atoms with Gasteiger partial charge in [0.05, 0.1) is 11.4 Å². The van der Waals surface area contributed by atoms with Crippen molar-refractivity contribution in [1.29, 1.82) is 0 Å². The normalized spacial score (nSPS) is 14.2. The van der Waals surface area contributed by atoms with Crippen LogP contribution >= 0.6 is 0 Å². The first-order chi connectivity index (χ1) is 20.9. The van der Waals surface area contributed by atoms with Crippen LogP contribution in [0.25, 0.3) is 22.6 Å². The van der Waals surface area contributed by atoms with E-state index in [1.165, 1.54) is 5.56 Å². The number of Topliss-reactive ketones (excluding diaryl/α,β-unsaturated/α-hetero) is 1. The Morgan fingerprint density at radius 1 is 0.884 bits per heavy atom. The summed E-state index contributed by atoms with van der Waals surface area (Å²) in [5.74, 6) is 1.50. The van der Waals surface area contributed by atoms with E-state index >= 15 is 0 Å².